The Morgan fingerprint density at radius 1 is 1.10 bits per heavy atom. The summed E-state index contributed by atoms with van der Waals surface area (Å²) in [5, 5.41) is 7.85. The molecule has 1 N–H and O–H groups in total. The molecule has 1 aliphatic carbocycles. The van der Waals surface area contributed by atoms with Crippen LogP contribution in [0.25, 0.3) is 11.1 Å². The topological polar surface area (TPSA) is 62.5 Å². The molecule has 0 aromatic carbocycles. The zero-order valence-corrected chi connectivity index (χ0v) is 17.0. The minimum absolute atomic E-state index is 0.0947. The van der Waals surface area contributed by atoms with Gasteiger partial charge in [0.15, 0.2) is 0 Å². The summed E-state index contributed by atoms with van der Waals surface area (Å²) >= 11 is 0. The van der Waals surface area contributed by atoms with E-state index in [4.69, 9.17) is 4.98 Å². The second-order valence-corrected chi connectivity index (χ2v) is 8.56. The van der Waals surface area contributed by atoms with Gasteiger partial charge in [0.25, 0.3) is 5.91 Å². The highest BCUT2D eigenvalue weighted by Gasteiger charge is 2.27. The molecule has 3 aromatic rings. The number of rotatable bonds is 3. The van der Waals surface area contributed by atoms with Gasteiger partial charge in [0.1, 0.15) is 5.82 Å². The number of pyridine rings is 2. The Kier molecular flexibility index (Phi) is 4.11. The van der Waals surface area contributed by atoms with E-state index in [1.165, 1.54) is 30.5 Å². The quantitative estimate of drug-likeness (QED) is 0.721. The SMILES string of the molecule is O=C(c1cnn2ccc(C3=CCNc4nc(C5CC5)ccc43)cc12)N1CCCCC1. The molecule has 1 saturated carbocycles. The minimum atomic E-state index is 0.0947. The third-order valence-electron chi connectivity index (χ3n) is 6.48. The summed E-state index contributed by atoms with van der Waals surface area (Å²) in [6.45, 7) is 2.44. The Labute approximate surface area is 175 Å². The van der Waals surface area contributed by atoms with Crippen molar-refractivity contribution in [3.63, 3.8) is 0 Å². The predicted molar refractivity (Wildman–Crippen MR) is 117 cm³/mol. The van der Waals surface area contributed by atoms with Crippen molar-refractivity contribution in [2.75, 3.05) is 25.0 Å². The van der Waals surface area contributed by atoms with Crippen molar-refractivity contribution >= 4 is 22.8 Å². The van der Waals surface area contributed by atoms with Gasteiger partial charge in [-0.05, 0) is 67.5 Å². The molecule has 2 fully saturated rings. The molecule has 6 rings (SSSR count). The molecule has 6 heteroatoms. The van der Waals surface area contributed by atoms with Crippen LogP contribution in [0.15, 0.2) is 42.7 Å². The average molecular weight is 399 g/mol. The number of fused-ring (bicyclic) bond motifs is 2. The van der Waals surface area contributed by atoms with Crippen LogP contribution >= 0.6 is 0 Å². The molecule has 0 spiro atoms. The molecule has 0 bridgehead atoms. The number of amides is 1. The highest BCUT2D eigenvalue weighted by molar-refractivity contribution is 6.01. The summed E-state index contributed by atoms with van der Waals surface area (Å²) in [6, 6.07) is 8.53. The van der Waals surface area contributed by atoms with Crippen molar-refractivity contribution in [2.45, 2.75) is 38.0 Å². The predicted octanol–water partition coefficient (Wildman–Crippen LogP) is 4.09. The summed E-state index contributed by atoms with van der Waals surface area (Å²) in [5.74, 6) is 1.70. The molecular weight excluding hydrogens is 374 g/mol. The molecule has 0 radical (unpaired) electrons. The normalized spacial score (nSPS) is 18.7. The molecule has 152 valence electrons. The Hall–Kier alpha value is -3.15. The number of nitrogens with zero attached hydrogens (tertiary/aromatic N) is 4. The van der Waals surface area contributed by atoms with Crippen LogP contribution in [0.1, 0.15) is 65.2 Å². The lowest BCUT2D eigenvalue weighted by molar-refractivity contribution is 0.0726. The Morgan fingerprint density at radius 2 is 1.97 bits per heavy atom. The van der Waals surface area contributed by atoms with Crippen LogP contribution < -0.4 is 5.32 Å². The Morgan fingerprint density at radius 3 is 2.80 bits per heavy atom. The molecule has 3 aliphatic rings. The van der Waals surface area contributed by atoms with Gasteiger partial charge < -0.3 is 10.2 Å². The number of hydrogen-bond donors (Lipinski definition) is 1. The lowest BCUT2D eigenvalue weighted by Crippen LogP contribution is -2.35. The van der Waals surface area contributed by atoms with Crippen molar-refractivity contribution in [1.82, 2.24) is 19.5 Å². The van der Waals surface area contributed by atoms with Gasteiger partial charge >= 0.3 is 0 Å². The van der Waals surface area contributed by atoms with Crippen LogP contribution in [0.4, 0.5) is 5.82 Å². The highest BCUT2D eigenvalue weighted by atomic mass is 16.2. The van der Waals surface area contributed by atoms with E-state index in [1.807, 2.05) is 11.1 Å². The number of carbonyl (C=O) groups is 1. The van der Waals surface area contributed by atoms with Gasteiger partial charge in [0.2, 0.25) is 0 Å². The van der Waals surface area contributed by atoms with E-state index in [1.54, 1.807) is 10.7 Å². The van der Waals surface area contributed by atoms with E-state index in [0.29, 0.717) is 11.5 Å². The molecular formula is C24H25N5O. The van der Waals surface area contributed by atoms with Crippen LogP contribution in [0.3, 0.4) is 0 Å². The fourth-order valence-corrected chi connectivity index (χ4v) is 4.65. The smallest absolute Gasteiger partial charge is 0.257 e. The molecule has 30 heavy (non-hydrogen) atoms. The maximum absolute atomic E-state index is 13.1. The second kappa shape index (κ2) is 6.97. The molecule has 3 aromatic heterocycles. The number of piperidine rings is 1. The fourth-order valence-electron chi connectivity index (χ4n) is 4.65. The molecule has 0 unspecified atom stereocenters. The number of aromatic nitrogens is 3. The maximum atomic E-state index is 13.1. The summed E-state index contributed by atoms with van der Waals surface area (Å²) < 4.78 is 1.80. The molecule has 1 saturated heterocycles. The molecule has 6 nitrogen and oxygen atoms in total. The fraction of sp³-hybridized carbons (Fsp3) is 0.375. The Bertz CT molecular complexity index is 1170. The zero-order chi connectivity index (χ0) is 20.1. The minimum Gasteiger partial charge on any atom is -0.366 e. The number of likely N-dealkylation sites (tertiary alicyclic amines) is 1. The second-order valence-electron chi connectivity index (χ2n) is 8.56. The van der Waals surface area contributed by atoms with Gasteiger partial charge in [-0.2, -0.15) is 5.10 Å². The average Bonchev–Trinajstić information content (AvgIpc) is 3.57. The number of nitrogens with one attached hydrogen (secondary N) is 1. The molecule has 2 aliphatic heterocycles. The third kappa shape index (κ3) is 2.98. The van der Waals surface area contributed by atoms with E-state index < -0.39 is 0 Å². The molecule has 1 amide bonds. The summed E-state index contributed by atoms with van der Waals surface area (Å²) in [7, 11) is 0. The summed E-state index contributed by atoms with van der Waals surface area (Å²) in [5.41, 5.74) is 6.14. The van der Waals surface area contributed by atoms with E-state index in [0.717, 1.165) is 54.9 Å². The van der Waals surface area contributed by atoms with Crippen LogP contribution in [-0.4, -0.2) is 45.0 Å². The number of hydrogen-bond acceptors (Lipinski definition) is 4. The zero-order valence-electron chi connectivity index (χ0n) is 17.0. The third-order valence-corrected chi connectivity index (χ3v) is 6.48. The van der Waals surface area contributed by atoms with Gasteiger partial charge in [-0.25, -0.2) is 9.50 Å². The van der Waals surface area contributed by atoms with Gasteiger partial charge in [-0.1, -0.05) is 6.08 Å². The van der Waals surface area contributed by atoms with E-state index in [9.17, 15) is 4.79 Å². The van der Waals surface area contributed by atoms with Crippen molar-refractivity contribution in [3.8, 4) is 0 Å². The lowest BCUT2D eigenvalue weighted by Gasteiger charge is -2.26. The lowest BCUT2D eigenvalue weighted by atomic mass is 9.95. The van der Waals surface area contributed by atoms with Gasteiger partial charge in [-0.3, -0.25) is 4.79 Å². The molecule has 5 heterocycles. The standard InChI is InChI=1S/C24H25N5O/c30-24(28-11-2-1-3-12-28)20-15-26-29-13-9-17(14-22(20)29)18-8-10-25-23-19(18)6-7-21(27-23)16-4-5-16/h6-9,13-16H,1-5,10-12H2,(H,25,27). The van der Waals surface area contributed by atoms with Crippen molar-refractivity contribution < 1.29 is 4.79 Å². The maximum Gasteiger partial charge on any atom is 0.257 e. The first-order valence-corrected chi connectivity index (χ1v) is 11.0. The van der Waals surface area contributed by atoms with Crippen LogP contribution in [0.2, 0.25) is 0 Å². The van der Waals surface area contributed by atoms with Gasteiger partial charge in [0.05, 0.1) is 17.3 Å². The van der Waals surface area contributed by atoms with Gasteiger partial charge in [0, 0.05) is 43.0 Å². The van der Waals surface area contributed by atoms with Crippen molar-refractivity contribution in [1.29, 1.82) is 0 Å². The number of carbonyl (C=O) groups excluding carboxylic acids is 1. The molecule has 0 atom stereocenters. The van der Waals surface area contributed by atoms with E-state index >= 15 is 0 Å². The van der Waals surface area contributed by atoms with Crippen LogP contribution in [0.5, 0.6) is 0 Å². The van der Waals surface area contributed by atoms with Crippen molar-refractivity contribution in [3.05, 3.63) is 65.1 Å². The highest BCUT2D eigenvalue weighted by Crippen LogP contribution is 2.41. The van der Waals surface area contributed by atoms with Crippen molar-refractivity contribution in [2.24, 2.45) is 0 Å². The first-order chi connectivity index (χ1) is 14.8. The first-order valence-electron chi connectivity index (χ1n) is 11.0. The van der Waals surface area contributed by atoms with E-state index in [-0.39, 0.29) is 5.91 Å². The Balaban J connectivity index is 1.38. The largest absolute Gasteiger partial charge is 0.366 e. The van der Waals surface area contributed by atoms with Crippen LogP contribution in [-0.2, 0) is 0 Å². The van der Waals surface area contributed by atoms with Gasteiger partial charge in [-0.15, -0.1) is 0 Å². The monoisotopic (exact) mass is 399 g/mol. The van der Waals surface area contributed by atoms with Crippen LogP contribution in [0, 0.1) is 0 Å². The first kappa shape index (κ1) is 17.7. The summed E-state index contributed by atoms with van der Waals surface area (Å²) in [6.07, 6.45) is 11.7. The van der Waals surface area contributed by atoms with E-state index in [2.05, 4.69) is 40.8 Å². The summed E-state index contributed by atoms with van der Waals surface area (Å²) in [4.78, 5) is 20.0. The number of anilines is 1.